The van der Waals surface area contributed by atoms with Gasteiger partial charge in [0, 0.05) is 19.1 Å². The van der Waals surface area contributed by atoms with Gasteiger partial charge in [-0.15, -0.1) is 10.2 Å². The number of rotatable bonds is 4. The average molecular weight is 341 g/mol. The number of aromatic nitrogens is 6. The summed E-state index contributed by atoms with van der Waals surface area (Å²) in [6, 6.07) is 8.67. The number of ether oxygens (including phenoxy) is 1. The molecule has 0 radical (unpaired) electrons. The van der Waals surface area contributed by atoms with Crippen LogP contribution in [0.25, 0.3) is 11.0 Å². The molecule has 8 nitrogen and oxygen atoms in total. The first kappa shape index (κ1) is 16.2. The SMILES string of the molecule is CC(C)n1c(CN2CCOC(c3nnn(C)n3)C2)nc2ccccc21. The highest BCUT2D eigenvalue weighted by Crippen LogP contribution is 2.24. The Morgan fingerprint density at radius 3 is 2.88 bits per heavy atom. The molecule has 0 amide bonds. The van der Waals surface area contributed by atoms with Crippen molar-refractivity contribution in [2.45, 2.75) is 32.5 Å². The number of morpholine rings is 1. The highest BCUT2D eigenvalue weighted by atomic mass is 16.5. The van der Waals surface area contributed by atoms with Crippen LogP contribution < -0.4 is 0 Å². The third-order valence-corrected chi connectivity index (χ3v) is 4.51. The third-order valence-electron chi connectivity index (χ3n) is 4.51. The molecule has 25 heavy (non-hydrogen) atoms. The first-order valence-corrected chi connectivity index (χ1v) is 8.65. The summed E-state index contributed by atoms with van der Waals surface area (Å²) in [5.41, 5.74) is 2.24. The van der Waals surface area contributed by atoms with Gasteiger partial charge in [-0.1, -0.05) is 12.1 Å². The minimum atomic E-state index is -0.140. The first-order valence-electron chi connectivity index (χ1n) is 8.65. The Labute approximate surface area is 146 Å². The molecule has 4 rings (SSSR count). The zero-order valence-corrected chi connectivity index (χ0v) is 14.8. The molecule has 0 N–H and O–H groups in total. The van der Waals surface area contributed by atoms with E-state index in [1.54, 1.807) is 7.05 Å². The van der Waals surface area contributed by atoms with E-state index < -0.39 is 0 Å². The quantitative estimate of drug-likeness (QED) is 0.719. The molecule has 1 saturated heterocycles. The van der Waals surface area contributed by atoms with Crippen molar-refractivity contribution < 1.29 is 4.74 Å². The van der Waals surface area contributed by atoms with Crippen molar-refractivity contribution in [1.82, 2.24) is 34.7 Å². The van der Waals surface area contributed by atoms with Gasteiger partial charge in [-0.3, -0.25) is 4.90 Å². The molecule has 3 aromatic rings. The number of hydrogen-bond acceptors (Lipinski definition) is 6. The van der Waals surface area contributed by atoms with Crippen molar-refractivity contribution in [2.75, 3.05) is 19.7 Å². The van der Waals surface area contributed by atoms with Crippen LogP contribution in [0.2, 0.25) is 0 Å². The molecule has 0 aliphatic carbocycles. The van der Waals surface area contributed by atoms with Crippen molar-refractivity contribution in [3.05, 3.63) is 35.9 Å². The molecule has 0 bridgehead atoms. The van der Waals surface area contributed by atoms with Crippen LogP contribution in [0.5, 0.6) is 0 Å². The van der Waals surface area contributed by atoms with Gasteiger partial charge >= 0.3 is 0 Å². The Kier molecular flexibility index (Phi) is 4.22. The second kappa shape index (κ2) is 6.53. The van der Waals surface area contributed by atoms with Crippen molar-refractivity contribution >= 4 is 11.0 Å². The van der Waals surface area contributed by atoms with E-state index in [1.165, 1.54) is 10.3 Å². The lowest BCUT2D eigenvalue weighted by molar-refractivity contribution is -0.0383. The molecule has 1 unspecified atom stereocenters. The number of nitrogens with zero attached hydrogens (tertiary/aromatic N) is 7. The smallest absolute Gasteiger partial charge is 0.204 e. The molecule has 8 heteroatoms. The fourth-order valence-electron chi connectivity index (χ4n) is 3.41. The summed E-state index contributed by atoms with van der Waals surface area (Å²) in [6.45, 7) is 7.45. The third kappa shape index (κ3) is 3.14. The topological polar surface area (TPSA) is 73.9 Å². The van der Waals surface area contributed by atoms with Gasteiger partial charge in [0.25, 0.3) is 0 Å². The molecule has 0 spiro atoms. The molecule has 0 saturated carbocycles. The van der Waals surface area contributed by atoms with Gasteiger partial charge in [-0.05, 0) is 31.2 Å². The summed E-state index contributed by atoms with van der Waals surface area (Å²) in [6.07, 6.45) is -0.140. The number of aryl methyl sites for hydroxylation is 1. The van der Waals surface area contributed by atoms with Crippen LogP contribution in [-0.2, 0) is 18.3 Å². The van der Waals surface area contributed by atoms with Crippen LogP contribution >= 0.6 is 0 Å². The highest BCUT2D eigenvalue weighted by Gasteiger charge is 2.27. The molecular weight excluding hydrogens is 318 g/mol. The standard InChI is InChI=1S/C17H23N7O/c1-12(2)24-14-7-5-4-6-13(14)18-16(24)11-23-8-9-25-15(10-23)17-19-21-22(3)20-17/h4-7,12,15H,8-11H2,1-3H3. The fraction of sp³-hybridized carbons (Fsp3) is 0.529. The summed E-state index contributed by atoms with van der Waals surface area (Å²) in [4.78, 5) is 8.68. The normalized spacial score (nSPS) is 19.1. The molecular formula is C17H23N7O. The summed E-state index contributed by atoms with van der Waals surface area (Å²) in [5, 5.41) is 12.3. The first-order chi connectivity index (χ1) is 12.1. The lowest BCUT2D eigenvalue weighted by Crippen LogP contribution is -2.39. The van der Waals surface area contributed by atoms with Gasteiger partial charge in [0.1, 0.15) is 11.9 Å². The maximum atomic E-state index is 5.83. The number of para-hydroxylation sites is 2. The molecule has 132 valence electrons. The zero-order chi connectivity index (χ0) is 17.4. The van der Waals surface area contributed by atoms with Gasteiger partial charge in [0.2, 0.25) is 5.82 Å². The number of imidazole rings is 1. The largest absolute Gasteiger partial charge is 0.367 e. The zero-order valence-electron chi connectivity index (χ0n) is 14.8. The molecule has 2 aromatic heterocycles. The van der Waals surface area contributed by atoms with E-state index in [9.17, 15) is 0 Å². The predicted molar refractivity (Wildman–Crippen MR) is 92.9 cm³/mol. The molecule has 3 heterocycles. The molecule has 1 aliphatic heterocycles. The molecule has 1 fully saturated rings. The monoisotopic (exact) mass is 341 g/mol. The fourth-order valence-corrected chi connectivity index (χ4v) is 3.41. The number of tetrazole rings is 1. The second-order valence-corrected chi connectivity index (χ2v) is 6.71. The number of fused-ring (bicyclic) bond motifs is 1. The minimum Gasteiger partial charge on any atom is -0.367 e. The molecule has 1 atom stereocenters. The van der Waals surface area contributed by atoms with E-state index in [0.717, 1.165) is 31.0 Å². The van der Waals surface area contributed by atoms with E-state index in [2.05, 4.69) is 56.9 Å². The number of hydrogen-bond donors (Lipinski definition) is 0. The van der Waals surface area contributed by atoms with Gasteiger partial charge < -0.3 is 9.30 Å². The van der Waals surface area contributed by atoms with Crippen LogP contribution in [-0.4, -0.2) is 54.4 Å². The maximum absolute atomic E-state index is 5.83. The average Bonchev–Trinajstić information content (AvgIpc) is 3.18. The lowest BCUT2D eigenvalue weighted by Gasteiger charge is -2.31. The van der Waals surface area contributed by atoms with Crippen LogP contribution in [0.3, 0.4) is 0 Å². The van der Waals surface area contributed by atoms with E-state index in [4.69, 9.17) is 9.72 Å². The maximum Gasteiger partial charge on any atom is 0.204 e. The van der Waals surface area contributed by atoms with Gasteiger partial charge in [-0.2, -0.15) is 4.80 Å². The van der Waals surface area contributed by atoms with Crippen molar-refractivity contribution in [1.29, 1.82) is 0 Å². The van der Waals surface area contributed by atoms with Crippen LogP contribution in [0.4, 0.5) is 0 Å². The van der Waals surface area contributed by atoms with Crippen LogP contribution in [0.1, 0.15) is 37.6 Å². The highest BCUT2D eigenvalue weighted by molar-refractivity contribution is 5.76. The van der Waals surface area contributed by atoms with Crippen LogP contribution in [0.15, 0.2) is 24.3 Å². The predicted octanol–water partition coefficient (Wildman–Crippen LogP) is 1.71. The second-order valence-electron chi connectivity index (χ2n) is 6.71. The van der Waals surface area contributed by atoms with Gasteiger partial charge in [-0.25, -0.2) is 4.98 Å². The molecule has 1 aromatic carbocycles. The van der Waals surface area contributed by atoms with Crippen molar-refractivity contribution in [3.63, 3.8) is 0 Å². The van der Waals surface area contributed by atoms with E-state index in [1.807, 2.05) is 6.07 Å². The summed E-state index contributed by atoms with van der Waals surface area (Å²) in [5.74, 6) is 1.73. The summed E-state index contributed by atoms with van der Waals surface area (Å²) >= 11 is 0. The van der Waals surface area contributed by atoms with Crippen LogP contribution in [0, 0.1) is 0 Å². The Bertz CT molecular complexity index is 869. The Hall–Kier alpha value is -2.32. The van der Waals surface area contributed by atoms with E-state index in [-0.39, 0.29) is 6.10 Å². The van der Waals surface area contributed by atoms with Crippen molar-refractivity contribution in [2.24, 2.45) is 7.05 Å². The number of benzene rings is 1. The summed E-state index contributed by atoms with van der Waals surface area (Å²) in [7, 11) is 1.77. The minimum absolute atomic E-state index is 0.140. The lowest BCUT2D eigenvalue weighted by atomic mass is 10.2. The van der Waals surface area contributed by atoms with E-state index in [0.29, 0.717) is 18.5 Å². The van der Waals surface area contributed by atoms with Gasteiger partial charge in [0.05, 0.1) is 31.2 Å². The van der Waals surface area contributed by atoms with Crippen molar-refractivity contribution in [3.8, 4) is 0 Å². The summed E-state index contributed by atoms with van der Waals surface area (Å²) < 4.78 is 8.15. The Balaban J connectivity index is 1.57. The van der Waals surface area contributed by atoms with Gasteiger partial charge in [0.15, 0.2) is 0 Å². The van der Waals surface area contributed by atoms with E-state index >= 15 is 0 Å². The Morgan fingerprint density at radius 1 is 1.28 bits per heavy atom. The Morgan fingerprint density at radius 2 is 2.12 bits per heavy atom. The molecule has 1 aliphatic rings.